The van der Waals surface area contributed by atoms with Crippen LogP contribution in [0, 0.1) is 29.6 Å². The molecule has 3 fully saturated rings. The molecule has 0 saturated heterocycles. The lowest BCUT2D eigenvalue weighted by Gasteiger charge is -2.23. The number of aliphatic hydroxyl groups is 1. The van der Waals surface area contributed by atoms with Crippen molar-refractivity contribution in [3.63, 3.8) is 0 Å². The summed E-state index contributed by atoms with van der Waals surface area (Å²) in [6.07, 6.45) is 6.29. The number of amides is 1. The van der Waals surface area contributed by atoms with Crippen molar-refractivity contribution in [3.8, 4) is 0 Å². The third-order valence-corrected chi connectivity index (χ3v) is 5.48. The zero-order chi connectivity index (χ0) is 12.7. The number of nitrogens with zero attached hydrogens (tertiary/aromatic N) is 1. The molecule has 0 radical (unpaired) electrons. The van der Waals surface area contributed by atoms with Gasteiger partial charge in [0.15, 0.2) is 0 Å². The Morgan fingerprint density at radius 3 is 2.44 bits per heavy atom. The van der Waals surface area contributed by atoms with Crippen LogP contribution < -0.4 is 0 Å². The van der Waals surface area contributed by atoms with E-state index in [9.17, 15) is 4.79 Å². The minimum atomic E-state index is 0.102. The van der Waals surface area contributed by atoms with Gasteiger partial charge in [-0.05, 0) is 49.4 Å². The van der Waals surface area contributed by atoms with Gasteiger partial charge in [0.2, 0.25) is 5.91 Å². The van der Waals surface area contributed by atoms with Gasteiger partial charge >= 0.3 is 0 Å². The first-order chi connectivity index (χ1) is 8.77. The second-order valence-electron chi connectivity index (χ2n) is 6.42. The molecule has 3 heteroatoms. The zero-order valence-corrected chi connectivity index (χ0v) is 11.3. The first kappa shape index (κ1) is 12.5. The normalized spacial score (nSPS) is 39.8. The van der Waals surface area contributed by atoms with Crippen LogP contribution >= 0.6 is 0 Å². The SMILES string of the molecule is CCCCN(CCO)C(=O)C1C2C3CCC(C3)C12. The molecule has 18 heavy (non-hydrogen) atoms. The number of hydrogen-bond acceptors (Lipinski definition) is 2. The fourth-order valence-corrected chi connectivity index (χ4v) is 4.67. The molecule has 0 aromatic carbocycles. The smallest absolute Gasteiger partial charge is 0.226 e. The van der Waals surface area contributed by atoms with Crippen molar-refractivity contribution < 1.29 is 9.90 Å². The maximum absolute atomic E-state index is 12.5. The van der Waals surface area contributed by atoms with Gasteiger partial charge in [-0.15, -0.1) is 0 Å². The molecular formula is C15H25NO2. The third kappa shape index (κ3) is 1.87. The summed E-state index contributed by atoms with van der Waals surface area (Å²) in [6, 6.07) is 0. The minimum Gasteiger partial charge on any atom is -0.395 e. The van der Waals surface area contributed by atoms with Gasteiger partial charge in [0, 0.05) is 19.0 Å². The molecule has 3 saturated carbocycles. The third-order valence-electron chi connectivity index (χ3n) is 5.48. The van der Waals surface area contributed by atoms with E-state index in [1.54, 1.807) is 0 Å². The average Bonchev–Trinajstić information content (AvgIpc) is 2.81. The van der Waals surface area contributed by atoms with E-state index in [4.69, 9.17) is 5.11 Å². The number of hydrogen-bond donors (Lipinski definition) is 1. The Labute approximate surface area is 110 Å². The van der Waals surface area contributed by atoms with Crippen LogP contribution in [0.5, 0.6) is 0 Å². The fraction of sp³-hybridized carbons (Fsp3) is 0.933. The van der Waals surface area contributed by atoms with Crippen molar-refractivity contribution in [3.05, 3.63) is 0 Å². The molecule has 102 valence electrons. The molecule has 3 aliphatic rings. The van der Waals surface area contributed by atoms with Gasteiger partial charge in [-0.3, -0.25) is 4.79 Å². The molecule has 1 N–H and O–H groups in total. The fourth-order valence-electron chi connectivity index (χ4n) is 4.67. The molecule has 3 rings (SSSR count). The number of fused-ring (bicyclic) bond motifs is 5. The average molecular weight is 251 g/mol. The van der Waals surface area contributed by atoms with Crippen LogP contribution in [0.1, 0.15) is 39.0 Å². The van der Waals surface area contributed by atoms with Crippen molar-refractivity contribution in [1.82, 2.24) is 4.90 Å². The lowest BCUT2D eigenvalue weighted by atomic mass is 10.0. The molecule has 1 amide bonds. The summed E-state index contributed by atoms with van der Waals surface area (Å²) in [5.41, 5.74) is 0. The summed E-state index contributed by atoms with van der Waals surface area (Å²) < 4.78 is 0. The summed E-state index contributed by atoms with van der Waals surface area (Å²) in [5, 5.41) is 9.11. The molecule has 4 unspecified atom stereocenters. The summed E-state index contributed by atoms with van der Waals surface area (Å²) >= 11 is 0. The Morgan fingerprint density at radius 1 is 1.22 bits per heavy atom. The first-order valence-electron chi connectivity index (χ1n) is 7.67. The van der Waals surface area contributed by atoms with Crippen LogP contribution in [0.25, 0.3) is 0 Å². The predicted octanol–water partition coefficient (Wildman–Crippen LogP) is 1.90. The highest BCUT2D eigenvalue weighted by atomic mass is 16.3. The Kier molecular flexibility index (Phi) is 3.35. The van der Waals surface area contributed by atoms with Crippen molar-refractivity contribution in [2.45, 2.75) is 39.0 Å². The monoisotopic (exact) mass is 251 g/mol. The van der Waals surface area contributed by atoms with Gasteiger partial charge in [0.05, 0.1) is 6.61 Å². The van der Waals surface area contributed by atoms with Crippen LogP contribution in [0.15, 0.2) is 0 Å². The van der Waals surface area contributed by atoms with E-state index in [0.717, 1.165) is 43.1 Å². The van der Waals surface area contributed by atoms with E-state index in [1.807, 2.05) is 4.90 Å². The van der Waals surface area contributed by atoms with Gasteiger partial charge in [-0.2, -0.15) is 0 Å². The molecule has 0 aromatic rings. The molecule has 4 atom stereocenters. The van der Waals surface area contributed by atoms with Crippen LogP contribution in [0.2, 0.25) is 0 Å². The van der Waals surface area contributed by atoms with E-state index < -0.39 is 0 Å². The Hall–Kier alpha value is -0.570. The molecule has 0 aliphatic heterocycles. The van der Waals surface area contributed by atoms with Gasteiger partial charge in [-0.1, -0.05) is 13.3 Å². The topological polar surface area (TPSA) is 40.5 Å². The highest BCUT2D eigenvalue weighted by molar-refractivity contribution is 5.83. The molecule has 0 aromatic heterocycles. The van der Waals surface area contributed by atoms with Crippen LogP contribution in [-0.4, -0.2) is 35.6 Å². The van der Waals surface area contributed by atoms with Crippen LogP contribution in [0.3, 0.4) is 0 Å². The predicted molar refractivity (Wildman–Crippen MR) is 69.9 cm³/mol. The van der Waals surface area contributed by atoms with Crippen molar-refractivity contribution >= 4 is 5.91 Å². The minimum absolute atomic E-state index is 0.102. The van der Waals surface area contributed by atoms with E-state index in [2.05, 4.69) is 6.92 Å². The van der Waals surface area contributed by atoms with Crippen LogP contribution in [0.4, 0.5) is 0 Å². The van der Waals surface area contributed by atoms with Crippen LogP contribution in [-0.2, 0) is 4.79 Å². The lowest BCUT2D eigenvalue weighted by Crippen LogP contribution is -2.36. The summed E-state index contributed by atoms with van der Waals surface area (Å²) in [7, 11) is 0. The second kappa shape index (κ2) is 4.84. The van der Waals surface area contributed by atoms with Crippen molar-refractivity contribution in [2.24, 2.45) is 29.6 Å². The summed E-state index contributed by atoms with van der Waals surface area (Å²) in [5.74, 6) is 3.84. The molecule has 0 spiro atoms. The van der Waals surface area contributed by atoms with Gasteiger partial charge in [0.25, 0.3) is 0 Å². The van der Waals surface area contributed by atoms with E-state index in [0.29, 0.717) is 18.4 Å². The number of aliphatic hydroxyl groups excluding tert-OH is 1. The van der Waals surface area contributed by atoms with Gasteiger partial charge in [0.1, 0.15) is 0 Å². The number of carbonyl (C=O) groups excluding carboxylic acids is 1. The maximum Gasteiger partial charge on any atom is 0.226 e. The van der Waals surface area contributed by atoms with Gasteiger partial charge in [-0.25, -0.2) is 0 Å². The van der Waals surface area contributed by atoms with Crippen molar-refractivity contribution in [2.75, 3.05) is 19.7 Å². The molecular weight excluding hydrogens is 226 g/mol. The molecule has 3 nitrogen and oxygen atoms in total. The molecule has 0 heterocycles. The number of rotatable bonds is 6. The standard InChI is InChI=1S/C15H25NO2/c1-2-3-6-16(7-8-17)15(18)14-12-10-4-5-11(9-10)13(12)14/h10-14,17H,2-9H2,1H3. The number of unbranched alkanes of at least 4 members (excludes halogenated alkanes) is 1. The lowest BCUT2D eigenvalue weighted by molar-refractivity contribution is -0.134. The molecule has 3 aliphatic carbocycles. The van der Waals surface area contributed by atoms with Crippen molar-refractivity contribution in [1.29, 1.82) is 0 Å². The Bertz CT molecular complexity index is 314. The quantitative estimate of drug-likeness (QED) is 0.783. The maximum atomic E-state index is 12.5. The van der Waals surface area contributed by atoms with E-state index in [1.165, 1.54) is 19.3 Å². The molecule has 2 bridgehead atoms. The first-order valence-corrected chi connectivity index (χ1v) is 7.67. The zero-order valence-electron chi connectivity index (χ0n) is 11.3. The summed E-state index contributed by atoms with van der Waals surface area (Å²) in [4.78, 5) is 14.5. The highest BCUT2D eigenvalue weighted by Gasteiger charge is 2.67. The van der Waals surface area contributed by atoms with Gasteiger partial charge < -0.3 is 10.0 Å². The number of carbonyl (C=O) groups is 1. The Balaban J connectivity index is 1.60. The van der Waals surface area contributed by atoms with E-state index in [-0.39, 0.29) is 6.61 Å². The summed E-state index contributed by atoms with van der Waals surface area (Å²) in [6.45, 7) is 3.61. The van der Waals surface area contributed by atoms with E-state index >= 15 is 0 Å². The second-order valence-corrected chi connectivity index (χ2v) is 6.42. The largest absolute Gasteiger partial charge is 0.395 e. The Morgan fingerprint density at radius 2 is 1.89 bits per heavy atom. The highest BCUT2D eigenvalue weighted by Crippen LogP contribution is 2.69.